The highest BCUT2D eigenvalue weighted by Gasteiger charge is 2.28. The zero-order valence-electron chi connectivity index (χ0n) is 16.7. The third-order valence-electron chi connectivity index (χ3n) is 4.62. The number of allylic oxidation sites excluding steroid dienone is 1. The number of carbonyl (C=O) groups excluding carboxylic acids is 2. The van der Waals surface area contributed by atoms with Crippen LogP contribution in [0.5, 0.6) is 23.0 Å². The summed E-state index contributed by atoms with van der Waals surface area (Å²) in [7, 11) is 2.97. The van der Waals surface area contributed by atoms with Crippen LogP contribution >= 0.6 is 0 Å². The van der Waals surface area contributed by atoms with Crippen LogP contribution in [0.15, 0.2) is 66.4 Å². The predicted octanol–water partition coefficient (Wildman–Crippen LogP) is 4.68. The highest BCUT2D eigenvalue weighted by Crippen LogP contribution is 2.35. The quantitative estimate of drug-likeness (QED) is 0.339. The first-order chi connectivity index (χ1) is 15.0. The Kier molecular flexibility index (Phi) is 5.41. The van der Waals surface area contributed by atoms with E-state index in [4.69, 9.17) is 18.9 Å². The van der Waals surface area contributed by atoms with Gasteiger partial charge in [-0.2, -0.15) is 0 Å². The number of hydrogen-bond donors (Lipinski definition) is 0. The van der Waals surface area contributed by atoms with E-state index in [0.29, 0.717) is 22.6 Å². The third kappa shape index (κ3) is 4.11. The van der Waals surface area contributed by atoms with Gasteiger partial charge in [0.25, 0.3) is 0 Å². The van der Waals surface area contributed by atoms with Crippen molar-refractivity contribution < 1.29 is 32.9 Å². The number of ether oxygens (including phenoxy) is 4. The molecule has 3 aromatic carbocycles. The van der Waals surface area contributed by atoms with Crippen LogP contribution in [-0.2, 0) is 0 Å². The summed E-state index contributed by atoms with van der Waals surface area (Å²) in [5.41, 5.74) is 1.09. The summed E-state index contributed by atoms with van der Waals surface area (Å²) in [5, 5.41) is 0. The molecule has 0 bridgehead atoms. The van der Waals surface area contributed by atoms with Gasteiger partial charge in [0.1, 0.15) is 17.3 Å². The third-order valence-corrected chi connectivity index (χ3v) is 4.62. The van der Waals surface area contributed by atoms with E-state index in [1.54, 1.807) is 24.3 Å². The number of rotatable bonds is 5. The van der Waals surface area contributed by atoms with Gasteiger partial charge in [-0.1, -0.05) is 12.1 Å². The molecule has 6 nitrogen and oxygen atoms in total. The Morgan fingerprint density at radius 3 is 2.52 bits per heavy atom. The van der Waals surface area contributed by atoms with E-state index in [1.807, 2.05) is 0 Å². The Balaban J connectivity index is 1.54. The van der Waals surface area contributed by atoms with Crippen molar-refractivity contribution in [3.63, 3.8) is 0 Å². The van der Waals surface area contributed by atoms with E-state index >= 15 is 0 Å². The maximum atomic E-state index is 13.4. The highest BCUT2D eigenvalue weighted by molar-refractivity contribution is 6.14. The molecule has 1 aliphatic heterocycles. The molecule has 0 fully saturated rings. The zero-order chi connectivity index (χ0) is 22.0. The lowest BCUT2D eigenvalue weighted by atomic mass is 10.1. The summed E-state index contributed by atoms with van der Waals surface area (Å²) in [6.07, 6.45) is 1.46. The van der Waals surface area contributed by atoms with Crippen LogP contribution in [0.3, 0.4) is 0 Å². The molecule has 0 spiro atoms. The second-order valence-corrected chi connectivity index (χ2v) is 6.61. The Labute approximate surface area is 177 Å². The van der Waals surface area contributed by atoms with Gasteiger partial charge in [-0.05, 0) is 54.1 Å². The summed E-state index contributed by atoms with van der Waals surface area (Å²) >= 11 is 0. The highest BCUT2D eigenvalue weighted by atomic mass is 19.1. The number of ketones is 1. The minimum absolute atomic E-state index is 0.0592. The monoisotopic (exact) mass is 420 g/mol. The smallest absolute Gasteiger partial charge is 0.343 e. The Hall–Kier alpha value is -4.13. The molecule has 7 heteroatoms. The molecular weight excluding hydrogens is 403 g/mol. The standard InChI is InChI=1S/C24H17FO6/c1-28-19-9-6-15(12-21(19)29-2)24(27)30-17-7-8-18-20(13-17)31-22(23(18)26)11-14-4-3-5-16(25)10-14/h3-13H,1-2H3. The number of Topliss-reactive ketones (excluding diaryl/α,β-unsaturated/α-hetero) is 1. The molecule has 31 heavy (non-hydrogen) atoms. The summed E-state index contributed by atoms with van der Waals surface area (Å²) in [6, 6.07) is 14.9. The normalized spacial score (nSPS) is 13.5. The fourth-order valence-electron chi connectivity index (χ4n) is 3.11. The SMILES string of the molecule is COc1ccc(C(=O)Oc2ccc3c(c2)OC(=Cc2cccc(F)c2)C3=O)cc1OC. The van der Waals surface area contributed by atoms with Crippen LogP contribution in [-0.4, -0.2) is 26.0 Å². The molecule has 0 N–H and O–H groups in total. The fourth-order valence-corrected chi connectivity index (χ4v) is 3.11. The van der Waals surface area contributed by atoms with Crippen molar-refractivity contribution in [2.75, 3.05) is 14.2 Å². The van der Waals surface area contributed by atoms with Crippen LogP contribution in [0.25, 0.3) is 6.08 Å². The molecule has 0 unspecified atom stereocenters. The number of hydrogen-bond acceptors (Lipinski definition) is 6. The predicted molar refractivity (Wildman–Crippen MR) is 110 cm³/mol. The molecule has 0 atom stereocenters. The summed E-state index contributed by atoms with van der Waals surface area (Å²) in [4.78, 5) is 25.1. The van der Waals surface area contributed by atoms with E-state index in [9.17, 15) is 14.0 Å². The van der Waals surface area contributed by atoms with E-state index < -0.39 is 11.8 Å². The average molecular weight is 420 g/mol. The van der Waals surface area contributed by atoms with Gasteiger partial charge in [0.15, 0.2) is 17.3 Å². The second-order valence-electron chi connectivity index (χ2n) is 6.61. The average Bonchev–Trinajstić information content (AvgIpc) is 3.07. The number of esters is 1. The van der Waals surface area contributed by atoms with Crippen LogP contribution < -0.4 is 18.9 Å². The van der Waals surface area contributed by atoms with Gasteiger partial charge in [-0.3, -0.25) is 4.79 Å². The van der Waals surface area contributed by atoms with Crippen molar-refractivity contribution in [3.05, 3.63) is 88.9 Å². The van der Waals surface area contributed by atoms with Crippen molar-refractivity contribution in [1.82, 2.24) is 0 Å². The summed E-state index contributed by atoms with van der Waals surface area (Å²) < 4.78 is 34.8. The molecule has 1 heterocycles. The van der Waals surface area contributed by atoms with Gasteiger partial charge in [0.2, 0.25) is 5.78 Å². The van der Waals surface area contributed by atoms with Gasteiger partial charge in [-0.25, -0.2) is 9.18 Å². The van der Waals surface area contributed by atoms with E-state index in [2.05, 4.69) is 0 Å². The lowest BCUT2D eigenvalue weighted by molar-refractivity contribution is 0.0734. The second kappa shape index (κ2) is 8.31. The number of carbonyl (C=O) groups is 2. The Bertz CT molecular complexity index is 1210. The minimum Gasteiger partial charge on any atom is -0.493 e. The van der Waals surface area contributed by atoms with Crippen LogP contribution in [0.1, 0.15) is 26.3 Å². The molecule has 0 radical (unpaired) electrons. The Morgan fingerprint density at radius 2 is 1.77 bits per heavy atom. The molecule has 0 aliphatic carbocycles. The summed E-state index contributed by atoms with van der Waals surface area (Å²) in [6.45, 7) is 0. The summed E-state index contributed by atoms with van der Waals surface area (Å²) in [5.74, 6) is 0.0418. The lowest BCUT2D eigenvalue weighted by Crippen LogP contribution is -2.09. The largest absolute Gasteiger partial charge is 0.493 e. The van der Waals surface area contributed by atoms with Gasteiger partial charge >= 0.3 is 5.97 Å². The van der Waals surface area contributed by atoms with Crippen molar-refractivity contribution in [3.8, 4) is 23.0 Å². The number of halogens is 1. The minimum atomic E-state index is -0.610. The van der Waals surface area contributed by atoms with E-state index in [0.717, 1.165) is 0 Å². The maximum absolute atomic E-state index is 13.4. The van der Waals surface area contributed by atoms with Crippen molar-refractivity contribution >= 4 is 17.8 Å². The van der Waals surface area contributed by atoms with Gasteiger partial charge in [0.05, 0.1) is 25.3 Å². The van der Waals surface area contributed by atoms with Gasteiger partial charge in [0, 0.05) is 6.07 Å². The van der Waals surface area contributed by atoms with E-state index in [-0.39, 0.29) is 28.6 Å². The molecule has 4 rings (SSSR count). The first-order valence-corrected chi connectivity index (χ1v) is 9.26. The molecule has 1 aliphatic rings. The van der Waals surface area contributed by atoms with Crippen molar-refractivity contribution in [2.45, 2.75) is 0 Å². The first kappa shape index (κ1) is 20.2. The van der Waals surface area contributed by atoms with Crippen LogP contribution in [0.4, 0.5) is 4.39 Å². The molecular formula is C24H17FO6. The molecule has 156 valence electrons. The first-order valence-electron chi connectivity index (χ1n) is 9.26. The maximum Gasteiger partial charge on any atom is 0.343 e. The fraction of sp³-hybridized carbons (Fsp3) is 0.0833. The van der Waals surface area contributed by atoms with Crippen molar-refractivity contribution in [1.29, 1.82) is 0 Å². The zero-order valence-corrected chi connectivity index (χ0v) is 16.7. The molecule has 0 amide bonds. The molecule has 0 saturated carbocycles. The topological polar surface area (TPSA) is 71.1 Å². The van der Waals surface area contributed by atoms with Crippen molar-refractivity contribution in [2.24, 2.45) is 0 Å². The van der Waals surface area contributed by atoms with Gasteiger partial charge in [-0.15, -0.1) is 0 Å². The van der Waals surface area contributed by atoms with Crippen LogP contribution in [0.2, 0.25) is 0 Å². The Morgan fingerprint density at radius 1 is 0.968 bits per heavy atom. The molecule has 0 aromatic heterocycles. The number of fused-ring (bicyclic) bond motifs is 1. The van der Waals surface area contributed by atoms with Gasteiger partial charge < -0.3 is 18.9 Å². The van der Waals surface area contributed by atoms with E-state index in [1.165, 1.54) is 56.7 Å². The number of methoxy groups -OCH3 is 2. The molecule has 3 aromatic rings. The lowest BCUT2D eigenvalue weighted by Gasteiger charge is -2.10. The molecule has 0 saturated heterocycles. The number of benzene rings is 3. The van der Waals surface area contributed by atoms with Crippen LogP contribution in [0, 0.1) is 5.82 Å².